The van der Waals surface area contributed by atoms with Crippen molar-refractivity contribution in [1.29, 1.82) is 5.26 Å². The van der Waals surface area contributed by atoms with Crippen LogP contribution in [0.4, 0.5) is 0 Å². The number of fused-ring (bicyclic) bond motifs is 1. The molecule has 1 fully saturated rings. The zero-order valence-corrected chi connectivity index (χ0v) is 9.85. The van der Waals surface area contributed by atoms with Gasteiger partial charge in [-0.25, -0.2) is 14.6 Å². The van der Waals surface area contributed by atoms with Gasteiger partial charge in [0, 0.05) is 18.4 Å². The SMILES string of the molecule is N#CCC1(Cn2ncc3ncc(Cl)nc32)CC1. The molecule has 2 heterocycles. The maximum atomic E-state index is 8.80. The number of hydrogen-bond acceptors (Lipinski definition) is 4. The van der Waals surface area contributed by atoms with Gasteiger partial charge < -0.3 is 0 Å². The van der Waals surface area contributed by atoms with Gasteiger partial charge in [-0.15, -0.1) is 0 Å². The van der Waals surface area contributed by atoms with Crippen LogP contribution < -0.4 is 0 Å². The van der Waals surface area contributed by atoms with Crippen LogP contribution >= 0.6 is 11.6 Å². The summed E-state index contributed by atoms with van der Waals surface area (Å²) < 4.78 is 1.80. The van der Waals surface area contributed by atoms with E-state index in [0.717, 1.165) is 24.9 Å². The van der Waals surface area contributed by atoms with Crippen molar-refractivity contribution in [2.75, 3.05) is 0 Å². The fourth-order valence-electron chi connectivity index (χ4n) is 2.00. The third kappa shape index (κ3) is 1.85. The standard InChI is InChI=1S/C11H10ClN5/c12-9-6-14-8-5-15-17(10(8)16-9)7-11(1-2-11)3-4-13/h5-6H,1-3,7H2. The smallest absolute Gasteiger partial charge is 0.178 e. The zero-order chi connectivity index (χ0) is 11.9. The molecule has 17 heavy (non-hydrogen) atoms. The maximum Gasteiger partial charge on any atom is 0.178 e. The van der Waals surface area contributed by atoms with Crippen molar-refractivity contribution in [1.82, 2.24) is 19.7 Å². The van der Waals surface area contributed by atoms with Gasteiger partial charge >= 0.3 is 0 Å². The minimum absolute atomic E-state index is 0.0949. The summed E-state index contributed by atoms with van der Waals surface area (Å²) >= 11 is 5.83. The molecule has 2 aromatic heterocycles. The van der Waals surface area contributed by atoms with E-state index in [0.29, 0.717) is 17.2 Å². The van der Waals surface area contributed by atoms with Gasteiger partial charge in [0.2, 0.25) is 0 Å². The van der Waals surface area contributed by atoms with Crippen molar-refractivity contribution in [3.05, 3.63) is 17.5 Å². The van der Waals surface area contributed by atoms with Crippen LogP contribution in [-0.4, -0.2) is 19.7 Å². The van der Waals surface area contributed by atoms with Crippen molar-refractivity contribution in [3.63, 3.8) is 0 Å². The van der Waals surface area contributed by atoms with Crippen molar-refractivity contribution < 1.29 is 0 Å². The molecule has 1 aliphatic rings. The Labute approximate surface area is 103 Å². The number of aromatic nitrogens is 4. The van der Waals surface area contributed by atoms with Crippen LogP contribution in [0.15, 0.2) is 12.4 Å². The van der Waals surface area contributed by atoms with Crippen LogP contribution in [0.2, 0.25) is 5.15 Å². The molecule has 3 rings (SSSR count). The summed E-state index contributed by atoms with van der Waals surface area (Å²) in [5.74, 6) is 0. The maximum absolute atomic E-state index is 8.80. The molecule has 0 aliphatic heterocycles. The third-order valence-electron chi connectivity index (χ3n) is 3.21. The fourth-order valence-corrected chi connectivity index (χ4v) is 2.13. The van der Waals surface area contributed by atoms with Crippen LogP contribution in [0.5, 0.6) is 0 Å². The Hall–Kier alpha value is -1.67. The number of rotatable bonds is 3. The fraction of sp³-hybridized carbons (Fsp3) is 0.455. The van der Waals surface area contributed by atoms with Crippen LogP contribution in [0, 0.1) is 16.7 Å². The average molecular weight is 248 g/mol. The topological polar surface area (TPSA) is 67.4 Å². The van der Waals surface area contributed by atoms with E-state index in [1.165, 1.54) is 6.20 Å². The predicted molar refractivity (Wildman–Crippen MR) is 62.2 cm³/mol. The summed E-state index contributed by atoms with van der Waals surface area (Å²) in [6.45, 7) is 0.721. The first kappa shape index (κ1) is 10.5. The third-order valence-corrected chi connectivity index (χ3v) is 3.39. The second-order valence-corrected chi connectivity index (χ2v) is 4.93. The number of hydrogen-bond donors (Lipinski definition) is 0. The number of nitrogens with zero attached hydrogens (tertiary/aromatic N) is 5. The van der Waals surface area contributed by atoms with Crippen molar-refractivity contribution in [2.24, 2.45) is 5.41 Å². The summed E-state index contributed by atoms with van der Waals surface area (Å²) in [4.78, 5) is 8.38. The molecule has 2 aromatic rings. The molecule has 1 aliphatic carbocycles. The first-order chi connectivity index (χ1) is 8.22. The van der Waals surface area contributed by atoms with Crippen molar-refractivity contribution in [3.8, 4) is 6.07 Å². The van der Waals surface area contributed by atoms with Gasteiger partial charge in [0.1, 0.15) is 10.7 Å². The quantitative estimate of drug-likeness (QED) is 0.834. The van der Waals surface area contributed by atoms with Gasteiger partial charge in [0.15, 0.2) is 5.65 Å². The summed E-state index contributed by atoms with van der Waals surface area (Å²) in [6, 6.07) is 2.24. The highest BCUT2D eigenvalue weighted by molar-refractivity contribution is 6.29. The molecule has 0 bridgehead atoms. The minimum atomic E-state index is 0.0949. The largest absolute Gasteiger partial charge is 0.248 e. The number of halogens is 1. The summed E-state index contributed by atoms with van der Waals surface area (Å²) in [5.41, 5.74) is 1.53. The molecule has 0 spiro atoms. The molecule has 0 N–H and O–H groups in total. The Morgan fingerprint density at radius 2 is 2.29 bits per heavy atom. The monoisotopic (exact) mass is 247 g/mol. The lowest BCUT2D eigenvalue weighted by molar-refractivity contribution is 0.411. The van der Waals surface area contributed by atoms with Crippen LogP contribution in [-0.2, 0) is 6.54 Å². The second kappa shape index (κ2) is 3.67. The van der Waals surface area contributed by atoms with Crippen LogP contribution in [0.3, 0.4) is 0 Å². The molecule has 0 saturated heterocycles. The average Bonchev–Trinajstić information content (AvgIpc) is 2.95. The molecule has 1 saturated carbocycles. The van der Waals surface area contributed by atoms with Crippen LogP contribution in [0.1, 0.15) is 19.3 Å². The lowest BCUT2D eigenvalue weighted by Crippen LogP contribution is -2.12. The molecule has 0 unspecified atom stereocenters. The van der Waals surface area contributed by atoms with E-state index < -0.39 is 0 Å². The molecule has 0 amide bonds. The highest BCUT2D eigenvalue weighted by Gasteiger charge is 2.43. The van der Waals surface area contributed by atoms with Crippen LogP contribution in [0.25, 0.3) is 11.2 Å². The highest BCUT2D eigenvalue weighted by atomic mass is 35.5. The summed E-state index contributed by atoms with van der Waals surface area (Å²) in [5, 5.41) is 13.4. The first-order valence-electron chi connectivity index (χ1n) is 5.43. The first-order valence-corrected chi connectivity index (χ1v) is 5.81. The highest BCUT2D eigenvalue weighted by Crippen LogP contribution is 2.50. The molecule has 0 atom stereocenters. The summed E-state index contributed by atoms with van der Waals surface area (Å²) in [6.07, 6.45) is 5.92. The normalized spacial score (nSPS) is 16.9. The van der Waals surface area contributed by atoms with E-state index in [2.05, 4.69) is 21.1 Å². The Morgan fingerprint density at radius 1 is 1.47 bits per heavy atom. The Balaban J connectivity index is 1.96. The molecule has 0 aromatic carbocycles. The molecule has 5 nitrogen and oxygen atoms in total. The van der Waals surface area contributed by atoms with E-state index >= 15 is 0 Å². The molecular formula is C11H10ClN5. The van der Waals surface area contributed by atoms with E-state index in [9.17, 15) is 0 Å². The van der Waals surface area contributed by atoms with Gasteiger partial charge in [-0.3, -0.25) is 0 Å². The molecular weight excluding hydrogens is 238 g/mol. The number of nitriles is 1. The predicted octanol–water partition coefficient (Wildman–Crippen LogP) is 2.17. The Bertz CT molecular complexity index is 608. The van der Waals surface area contributed by atoms with E-state index in [4.69, 9.17) is 16.9 Å². The molecule has 0 radical (unpaired) electrons. The van der Waals surface area contributed by atoms with E-state index in [1.807, 2.05) is 0 Å². The van der Waals surface area contributed by atoms with Gasteiger partial charge in [0.25, 0.3) is 0 Å². The Kier molecular flexibility index (Phi) is 2.26. The minimum Gasteiger partial charge on any atom is -0.248 e. The lowest BCUT2D eigenvalue weighted by atomic mass is 10.0. The zero-order valence-electron chi connectivity index (χ0n) is 9.10. The molecule has 6 heteroatoms. The van der Waals surface area contributed by atoms with E-state index in [-0.39, 0.29) is 5.41 Å². The van der Waals surface area contributed by atoms with Crippen molar-refractivity contribution >= 4 is 22.8 Å². The van der Waals surface area contributed by atoms with Gasteiger partial charge in [0.05, 0.1) is 18.5 Å². The van der Waals surface area contributed by atoms with Gasteiger partial charge in [-0.1, -0.05) is 11.6 Å². The van der Waals surface area contributed by atoms with Gasteiger partial charge in [-0.05, 0) is 12.8 Å². The van der Waals surface area contributed by atoms with Gasteiger partial charge in [-0.2, -0.15) is 10.4 Å². The van der Waals surface area contributed by atoms with Crippen molar-refractivity contribution in [2.45, 2.75) is 25.8 Å². The molecule has 86 valence electrons. The van der Waals surface area contributed by atoms with E-state index in [1.54, 1.807) is 10.9 Å². The lowest BCUT2D eigenvalue weighted by Gasteiger charge is -2.10. The Morgan fingerprint density at radius 3 is 3.00 bits per heavy atom. The summed E-state index contributed by atoms with van der Waals surface area (Å²) in [7, 11) is 0. The second-order valence-electron chi connectivity index (χ2n) is 4.54.